The lowest BCUT2D eigenvalue weighted by Gasteiger charge is -2.11. The van der Waals surface area contributed by atoms with Crippen LogP contribution in [0.2, 0.25) is 0 Å². The summed E-state index contributed by atoms with van der Waals surface area (Å²) >= 11 is 0. The van der Waals surface area contributed by atoms with Crippen molar-refractivity contribution in [2.75, 3.05) is 7.11 Å². The Morgan fingerprint density at radius 1 is 1.06 bits per heavy atom. The number of phenolic OH excluding ortho intramolecular Hbond substituents is 1. The zero-order valence-electron chi connectivity index (χ0n) is 17.9. The number of phenols is 1. The predicted molar refractivity (Wildman–Crippen MR) is 125 cm³/mol. The van der Waals surface area contributed by atoms with E-state index >= 15 is 0 Å². The Morgan fingerprint density at radius 3 is 2.61 bits per heavy atom. The van der Waals surface area contributed by atoms with Crippen LogP contribution in [0.15, 0.2) is 84.0 Å². The summed E-state index contributed by atoms with van der Waals surface area (Å²) < 4.78 is 11.4. The average molecular weight is 442 g/mol. The van der Waals surface area contributed by atoms with Crippen LogP contribution in [0.5, 0.6) is 17.2 Å². The molecule has 1 aromatic heterocycles. The molecule has 33 heavy (non-hydrogen) atoms. The van der Waals surface area contributed by atoms with Crippen LogP contribution in [0.25, 0.3) is 11.3 Å². The van der Waals surface area contributed by atoms with Crippen molar-refractivity contribution in [2.24, 2.45) is 5.10 Å². The molecule has 4 aromatic rings. The van der Waals surface area contributed by atoms with E-state index in [-0.39, 0.29) is 11.4 Å². The lowest BCUT2D eigenvalue weighted by molar-refractivity contribution is 0.0950. The van der Waals surface area contributed by atoms with Gasteiger partial charge in [0.25, 0.3) is 5.91 Å². The standard InChI is InChI=1S/C25H22N4O4/c1-32-24-13-19(9-12-23(24)33-16-18-5-3-2-4-6-18)21-14-22(28-27-21)25(31)29-26-15-17-7-10-20(30)11-8-17/h2-15,30H,16H2,1H3,(H,27,28)(H,29,31). The summed E-state index contributed by atoms with van der Waals surface area (Å²) in [5, 5.41) is 20.2. The van der Waals surface area contributed by atoms with Crippen LogP contribution in [0.4, 0.5) is 0 Å². The highest BCUT2D eigenvalue weighted by Crippen LogP contribution is 2.32. The van der Waals surface area contributed by atoms with Gasteiger partial charge in [-0.25, -0.2) is 5.43 Å². The molecule has 0 unspecified atom stereocenters. The molecule has 166 valence electrons. The van der Waals surface area contributed by atoms with Crippen molar-refractivity contribution < 1.29 is 19.4 Å². The van der Waals surface area contributed by atoms with Gasteiger partial charge in [0.2, 0.25) is 0 Å². The molecule has 8 nitrogen and oxygen atoms in total. The number of aromatic hydroxyl groups is 1. The number of aromatic nitrogens is 2. The number of hydrogen-bond donors (Lipinski definition) is 3. The van der Waals surface area contributed by atoms with Gasteiger partial charge >= 0.3 is 0 Å². The number of hydrogen-bond acceptors (Lipinski definition) is 6. The van der Waals surface area contributed by atoms with E-state index in [0.29, 0.717) is 23.8 Å². The van der Waals surface area contributed by atoms with Crippen molar-refractivity contribution >= 4 is 12.1 Å². The van der Waals surface area contributed by atoms with E-state index in [1.54, 1.807) is 31.4 Å². The molecule has 8 heteroatoms. The molecule has 0 spiro atoms. The molecule has 0 atom stereocenters. The molecular weight excluding hydrogens is 420 g/mol. The lowest BCUT2D eigenvalue weighted by Crippen LogP contribution is -2.17. The van der Waals surface area contributed by atoms with Crippen molar-refractivity contribution in [3.63, 3.8) is 0 Å². The summed E-state index contributed by atoms with van der Waals surface area (Å²) in [5.74, 6) is 0.908. The number of amides is 1. The van der Waals surface area contributed by atoms with Crippen LogP contribution in [-0.2, 0) is 6.61 Å². The van der Waals surface area contributed by atoms with Gasteiger partial charge in [0, 0.05) is 5.56 Å². The maximum absolute atomic E-state index is 12.3. The molecule has 0 aliphatic carbocycles. The molecular formula is C25H22N4O4. The third-order valence-corrected chi connectivity index (χ3v) is 4.79. The maximum atomic E-state index is 12.3. The van der Waals surface area contributed by atoms with Crippen molar-refractivity contribution in [2.45, 2.75) is 6.61 Å². The van der Waals surface area contributed by atoms with Crippen LogP contribution in [0.3, 0.4) is 0 Å². The number of nitrogens with one attached hydrogen (secondary N) is 2. The second kappa shape index (κ2) is 10.1. The highest BCUT2D eigenvalue weighted by atomic mass is 16.5. The molecule has 1 heterocycles. The summed E-state index contributed by atoms with van der Waals surface area (Å²) in [7, 11) is 1.57. The van der Waals surface area contributed by atoms with E-state index in [2.05, 4.69) is 20.7 Å². The number of carbonyl (C=O) groups excluding carboxylic acids is 1. The van der Waals surface area contributed by atoms with Gasteiger partial charge in [-0.05, 0) is 59.7 Å². The highest BCUT2D eigenvalue weighted by molar-refractivity contribution is 5.94. The summed E-state index contributed by atoms with van der Waals surface area (Å²) in [6, 6.07) is 23.4. The minimum atomic E-state index is -0.432. The number of benzene rings is 3. The van der Waals surface area contributed by atoms with Gasteiger partial charge in [-0.3, -0.25) is 9.89 Å². The van der Waals surface area contributed by atoms with Gasteiger partial charge in [0.05, 0.1) is 19.0 Å². The number of nitrogens with zero attached hydrogens (tertiary/aromatic N) is 2. The molecule has 3 aromatic carbocycles. The van der Waals surface area contributed by atoms with Gasteiger partial charge < -0.3 is 14.6 Å². The normalized spacial score (nSPS) is 10.8. The average Bonchev–Trinajstić information content (AvgIpc) is 3.35. The molecule has 0 aliphatic rings. The molecule has 1 amide bonds. The molecule has 0 saturated heterocycles. The Kier molecular flexibility index (Phi) is 6.65. The zero-order valence-corrected chi connectivity index (χ0v) is 17.9. The summed E-state index contributed by atoms with van der Waals surface area (Å²) in [4.78, 5) is 12.3. The van der Waals surface area contributed by atoms with E-state index in [1.165, 1.54) is 18.3 Å². The smallest absolute Gasteiger partial charge is 0.289 e. The van der Waals surface area contributed by atoms with Gasteiger partial charge in [-0.15, -0.1) is 0 Å². The van der Waals surface area contributed by atoms with Gasteiger partial charge in [0.15, 0.2) is 11.5 Å². The quantitative estimate of drug-likeness (QED) is 0.281. The Hall–Kier alpha value is -4.59. The summed E-state index contributed by atoms with van der Waals surface area (Å²) in [5.41, 5.74) is 5.84. The first kappa shape index (κ1) is 21.6. The Morgan fingerprint density at radius 2 is 1.85 bits per heavy atom. The zero-order chi connectivity index (χ0) is 23.0. The Labute approximate surface area is 190 Å². The van der Waals surface area contributed by atoms with E-state index in [0.717, 1.165) is 16.7 Å². The molecule has 0 fully saturated rings. The summed E-state index contributed by atoms with van der Waals surface area (Å²) in [6.45, 7) is 0.425. The Bertz CT molecular complexity index is 1250. The van der Waals surface area contributed by atoms with Gasteiger partial charge in [-0.2, -0.15) is 10.2 Å². The second-order valence-corrected chi connectivity index (χ2v) is 7.10. The van der Waals surface area contributed by atoms with Crippen LogP contribution < -0.4 is 14.9 Å². The molecule has 0 saturated carbocycles. The van der Waals surface area contributed by atoms with Gasteiger partial charge in [0.1, 0.15) is 18.1 Å². The number of ether oxygens (including phenoxy) is 2. The van der Waals surface area contributed by atoms with Gasteiger partial charge in [-0.1, -0.05) is 30.3 Å². The molecule has 0 aliphatic heterocycles. The molecule has 4 rings (SSSR count). The van der Waals surface area contributed by atoms with Crippen molar-refractivity contribution in [1.82, 2.24) is 15.6 Å². The van der Waals surface area contributed by atoms with Crippen LogP contribution in [0.1, 0.15) is 21.6 Å². The highest BCUT2D eigenvalue weighted by Gasteiger charge is 2.13. The molecule has 0 bridgehead atoms. The number of rotatable bonds is 8. The third kappa shape index (κ3) is 5.56. The molecule has 3 N–H and O–H groups in total. The minimum Gasteiger partial charge on any atom is -0.508 e. The monoisotopic (exact) mass is 442 g/mol. The fourth-order valence-electron chi connectivity index (χ4n) is 3.05. The number of methoxy groups -OCH3 is 1. The second-order valence-electron chi connectivity index (χ2n) is 7.10. The fourth-order valence-corrected chi connectivity index (χ4v) is 3.05. The predicted octanol–water partition coefficient (Wildman–Crippen LogP) is 4.13. The topological polar surface area (TPSA) is 109 Å². The van der Waals surface area contributed by atoms with Crippen LogP contribution in [-0.4, -0.2) is 34.5 Å². The van der Waals surface area contributed by atoms with E-state index < -0.39 is 5.91 Å². The number of H-pyrrole nitrogens is 1. The van der Waals surface area contributed by atoms with E-state index in [1.807, 2.05) is 42.5 Å². The number of carbonyl (C=O) groups is 1. The minimum absolute atomic E-state index is 0.161. The first-order valence-electron chi connectivity index (χ1n) is 10.2. The lowest BCUT2D eigenvalue weighted by atomic mass is 10.1. The number of aromatic amines is 1. The fraction of sp³-hybridized carbons (Fsp3) is 0.0800. The van der Waals surface area contributed by atoms with Crippen molar-refractivity contribution in [1.29, 1.82) is 0 Å². The maximum Gasteiger partial charge on any atom is 0.289 e. The van der Waals surface area contributed by atoms with E-state index in [9.17, 15) is 9.90 Å². The van der Waals surface area contributed by atoms with E-state index in [4.69, 9.17) is 9.47 Å². The van der Waals surface area contributed by atoms with Crippen LogP contribution in [0, 0.1) is 0 Å². The molecule has 0 radical (unpaired) electrons. The largest absolute Gasteiger partial charge is 0.508 e. The van der Waals surface area contributed by atoms with Crippen molar-refractivity contribution in [3.8, 4) is 28.5 Å². The first-order valence-corrected chi connectivity index (χ1v) is 10.2. The SMILES string of the molecule is COc1cc(-c2cc(C(=O)NN=Cc3ccc(O)cc3)[nH]n2)ccc1OCc1ccccc1. The number of hydrazone groups is 1. The first-order chi connectivity index (χ1) is 16.1. The van der Waals surface area contributed by atoms with Crippen molar-refractivity contribution in [3.05, 3.63) is 95.7 Å². The summed E-state index contributed by atoms with van der Waals surface area (Å²) in [6.07, 6.45) is 1.48. The van der Waals surface area contributed by atoms with Crippen LogP contribution >= 0.6 is 0 Å². The third-order valence-electron chi connectivity index (χ3n) is 4.79. The Balaban J connectivity index is 1.41.